The molecule has 24 heavy (non-hydrogen) atoms. The second kappa shape index (κ2) is 6.68. The van der Waals surface area contributed by atoms with E-state index in [1.807, 2.05) is 0 Å². The van der Waals surface area contributed by atoms with Gasteiger partial charge in [-0.05, 0) is 69.1 Å². The van der Waals surface area contributed by atoms with Gasteiger partial charge in [0.25, 0.3) is 5.91 Å². The van der Waals surface area contributed by atoms with Crippen molar-refractivity contribution in [3.05, 3.63) is 0 Å². The average molecular weight is 333 g/mol. The van der Waals surface area contributed by atoms with Crippen LogP contribution in [0.5, 0.6) is 0 Å². The molecular formula is C20H31NO3. The van der Waals surface area contributed by atoms with Gasteiger partial charge in [0.05, 0.1) is 5.41 Å². The lowest BCUT2D eigenvalue weighted by Crippen LogP contribution is -2.51. The summed E-state index contributed by atoms with van der Waals surface area (Å²) in [5.41, 5.74) is -0.253. The van der Waals surface area contributed by atoms with Gasteiger partial charge in [-0.2, -0.15) is 0 Å². The number of hydrogen-bond acceptors (Lipinski definition) is 3. The van der Waals surface area contributed by atoms with Crippen LogP contribution in [-0.2, 0) is 14.3 Å². The normalized spacial score (nSPS) is 38.6. The molecule has 134 valence electrons. The molecule has 0 atom stereocenters. The minimum atomic E-state index is -0.253. The zero-order valence-corrected chi connectivity index (χ0v) is 14.7. The number of nitrogens with one attached hydrogen (secondary N) is 1. The monoisotopic (exact) mass is 333 g/mol. The van der Waals surface area contributed by atoms with E-state index >= 15 is 0 Å². The van der Waals surface area contributed by atoms with Crippen LogP contribution in [0.25, 0.3) is 0 Å². The van der Waals surface area contributed by atoms with Crippen LogP contribution >= 0.6 is 0 Å². The number of amides is 1. The second-order valence-corrected chi connectivity index (χ2v) is 9.03. The van der Waals surface area contributed by atoms with Crippen molar-refractivity contribution in [3.63, 3.8) is 0 Å². The summed E-state index contributed by atoms with van der Waals surface area (Å²) < 4.78 is 5.51. The lowest BCUT2D eigenvalue weighted by molar-refractivity contribution is -0.173. The maximum absolute atomic E-state index is 12.7. The zero-order chi connectivity index (χ0) is 16.6. The number of carbonyl (C=O) groups excluding carboxylic acids is 2. The van der Waals surface area contributed by atoms with Crippen molar-refractivity contribution in [2.45, 2.75) is 83.1 Å². The number of carbonyl (C=O) groups is 2. The van der Waals surface area contributed by atoms with Gasteiger partial charge >= 0.3 is 5.97 Å². The van der Waals surface area contributed by atoms with Gasteiger partial charge in [-0.3, -0.25) is 9.59 Å². The molecule has 0 spiro atoms. The van der Waals surface area contributed by atoms with Crippen molar-refractivity contribution in [3.8, 4) is 0 Å². The van der Waals surface area contributed by atoms with Gasteiger partial charge in [-0.25, -0.2) is 0 Å². The zero-order valence-electron chi connectivity index (χ0n) is 14.7. The van der Waals surface area contributed by atoms with E-state index in [4.69, 9.17) is 4.74 Å². The molecule has 0 aromatic carbocycles. The third kappa shape index (κ3) is 3.34. The largest absolute Gasteiger partial charge is 0.455 e. The van der Waals surface area contributed by atoms with E-state index in [0.29, 0.717) is 0 Å². The fraction of sp³-hybridized carbons (Fsp3) is 0.900. The Hall–Kier alpha value is -1.06. The molecule has 0 radical (unpaired) electrons. The molecule has 0 unspecified atom stereocenters. The number of ether oxygens (including phenoxy) is 1. The molecule has 0 aromatic rings. The van der Waals surface area contributed by atoms with Crippen LogP contribution in [0.1, 0.15) is 77.0 Å². The van der Waals surface area contributed by atoms with Gasteiger partial charge in [0, 0.05) is 6.04 Å². The predicted octanol–water partition coefficient (Wildman–Crippen LogP) is 3.59. The average Bonchev–Trinajstić information content (AvgIpc) is 2.80. The van der Waals surface area contributed by atoms with Crippen molar-refractivity contribution in [1.82, 2.24) is 5.32 Å². The Morgan fingerprint density at radius 2 is 1.42 bits per heavy atom. The van der Waals surface area contributed by atoms with E-state index < -0.39 is 0 Å². The summed E-state index contributed by atoms with van der Waals surface area (Å²) >= 11 is 0. The molecule has 4 heteroatoms. The first-order valence-corrected chi connectivity index (χ1v) is 10.1. The van der Waals surface area contributed by atoms with Crippen molar-refractivity contribution in [2.75, 3.05) is 6.61 Å². The number of esters is 1. The first-order valence-electron chi connectivity index (χ1n) is 10.1. The van der Waals surface area contributed by atoms with Crippen LogP contribution in [0.2, 0.25) is 0 Å². The van der Waals surface area contributed by atoms with Gasteiger partial charge in [-0.1, -0.05) is 25.7 Å². The van der Waals surface area contributed by atoms with Crippen LogP contribution < -0.4 is 5.32 Å². The predicted molar refractivity (Wildman–Crippen MR) is 91.2 cm³/mol. The summed E-state index contributed by atoms with van der Waals surface area (Å²) in [7, 11) is 0. The van der Waals surface area contributed by atoms with Crippen LogP contribution in [0.15, 0.2) is 0 Å². The Balaban J connectivity index is 1.28. The fourth-order valence-corrected chi connectivity index (χ4v) is 6.34. The Morgan fingerprint density at radius 3 is 1.96 bits per heavy atom. The summed E-state index contributed by atoms with van der Waals surface area (Å²) in [5.74, 6) is 1.98. The highest BCUT2D eigenvalue weighted by molar-refractivity contribution is 5.83. The summed E-state index contributed by atoms with van der Waals surface area (Å²) in [6, 6.07) is 0.276. The summed E-state index contributed by atoms with van der Waals surface area (Å²) in [6.07, 6.45) is 14.0. The van der Waals surface area contributed by atoms with Crippen LogP contribution in [0, 0.1) is 23.2 Å². The Morgan fingerprint density at radius 1 is 0.875 bits per heavy atom. The number of hydrogen-bond donors (Lipinski definition) is 1. The summed E-state index contributed by atoms with van der Waals surface area (Å²) in [5, 5.41) is 3.07. The molecule has 5 aliphatic carbocycles. The topological polar surface area (TPSA) is 55.4 Å². The fourth-order valence-electron chi connectivity index (χ4n) is 6.34. The molecule has 0 aliphatic heterocycles. The van der Waals surface area contributed by atoms with Gasteiger partial charge in [0.1, 0.15) is 0 Å². The van der Waals surface area contributed by atoms with Crippen molar-refractivity contribution < 1.29 is 14.3 Å². The molecule has 0 heterocycles. The van der Waals surface area contributed by atoms with Gasteiger partial charge in [0.15, 0.2) is 6.61 Å². The Labute approximate surface area is 145 Å². The first kappa shape index (κ1) is 16.4. The van der Waals surface area contributed by atoms with Crippen LogP contribution in [-0.4, -0.2) is 24.5 Å². The van der Waals surface area contributed by atoms with E-state index in [1.165, 1.54) is 44.9 Å². The van der Waals surface area contributed by atoms with E-state index in [2.05, 4.69) is 5.32 Å². The maximum Gasteiger partial charge on any atom is 0.312 e. The first-order chi connectivity index (χ1) is 11.6. The lowest BCUT2D eigenvalue weighted by atomic mass is 9.49. The quantitative estimate of drug-likeness (QED) is 0.632. The van der Waals surface area contributed by atoms with Gasteiger partial charge in [0.2, 0.25) is 0 Å². The standard InChI is InChI=1S/C20H31NO3/c22-18(21-17-5-3-1-2-4-6-17)13-24-19(23)20-10-14-7-15(11-20)9-16(8-14)12-20/h14-17H,1-13H2,(H,21,22). The molecular weight excluding hydrogens is 302 g/mol. The van der Waals surface area contributed by atoms with Crippen LogP contribution in [0.3, 0.4) is 0 Å². The summed E-state index contributed by atoms with van der Waals surface area (Å²) in [6.45, 7) is -0.0862. The summed E-state index contributed by atoms with van der Waals surface area (Å²) in [4.78, 5) is 24.9. The van der Waals surface area contributed by atoms with E-state index in [0.717, 1.165) is 49.9 Å². The third-order valence-corrected chi connectivity index (χ3v) is 7.03. The molecule has 5 saturated carbocycles. The van der Waals surface area contributed by atoms with Crippen LogP contribution in [0.4, 0.5) is 0 Å². The number of rotatable bonds is 4. The molecule has 4 bridgehead atoms. The lowest BCUT2D eigenvalue weighted by Gasteiger charge is -2.55. The van der Waals surface area contributed by atoms with Crippen molar-refractivity contribution in [2.24, 2.45) is 23.2 Å². The second-order valence-electron chi connectivity index (χ2n) is 9.03. The molecule has 5 aliphatic rings. The van der Waals surface area contributed by atoms with Gasteiger partial charge < -0.3 is 10.1 Å². The highest BCUT2D eigenvalue weighted by Gasteiger charge is 2.55. The third-order valence-electron chi connectivity index (χ3n) is 7.03. The molecule has 1 N–H and O–H groups in total. The minimum absolute atomic E-state index is 0.0855. The Kier molecular flexibility index (Phi) is 4.57. The van der Waals surface area contributed by atoms with Crippen molar-refractivity contribution >= 4 is 11.9 Å². The Bertz CT molecular complexity index is 458. The minimum Gasteiger partial charge on any atom is -0.455 e. The molecule has 4 nitrogen and oxygen atoms in total. The highest BCUT2D eigenvalue weighted by Crippen LogP contribution is 2.60. The molecule has 5 rings (SSSR count). The molecule has 0 aromatic heterocycles. The van der Waals surface area contributed by atoms with E-state index in [9.17, 15) is 9.59 Å². The molecule has 0 saturated heterocycles. The molecule has 1 amide bonds. The smallest absolute Gasteiger partial charge is 0.312 e. The van der Waals surface area contributed by atoms with Gasteiger partial charge in [-0.15, -0.1) is 0 Å². The SMILES string of the molecule is O=C(COC(=O)C12CC3CC(CC(C3)C1)C2)NC1CCCCCC1. The highest BCUT2D eigenvalue weighted by atomic mass is 16.5. The van der Waals surface area contributed by atoms with E-state index in [-0.39, 0.29) is 29.9 Å². The molecule has 5 fully saturated rings. The van der Waals surface area contributed by atoms with E-state index in [1.54, 1.807) is 0 Å². The van der Waals surface area contributed by atoms with Crippen molar-refractivity contribution in [1.29, 1.82) is 0 Å². The maximum atomic E-state index is 12.7.